The number of aliphatic hydroxyl groups is 1. The van der Waals surface area contributed by atoms with Crippen molar-refractivity contribution in [3.05, 3.63) is 74.8 Å². The van der Waals surface area contributed by atoms with E-state index in [4.69, 9.17) is 14.2 Å². The molecule has 0 radical (unpaired) electrons. The van der Waals surface area contributed by atoms with E-state index in [1.165, 1.54) is 12.0 Å². The maximum absolute atomic E-state index is 13.6. The van der Waals surface area contributed by atoms with Crippen LogP contribution in [0.4, 0.5) is 5.13 Å². The summed E-state index contributed by atoms with van der Waals surface area (Å²) < 4.78 is 16.3. The van der Waals surface area contributed by atoms with Crippen LogP contribution in [0.2, 0.25) is 0 Å². The van der Waals surface area contributed by atoms with Gasteiger partial charge in [-0.15, -0.1) is 0 Å². The molecule has 0 spiro atoms. The normalized spacial score (nSPS) is 16.5. The fraction of sp³-hybridized carbons (Fsp3) is 0.310. The van der Waals surface area contributed by atoms with Crippen molar-refractivity contribution in [2.24, 2.45) is 0 Å². The van der Waals surface area contributed by atoms with Crippen LogP contribution in [0.5, 0.6) is 11.5 Å². The summed E-state index contributed by atoms with van der Waals surface area (Å²) in [6.07, 6.45) is 0. The van der Waals surface area contributed by atoms with Crippen molar-refractivity contribution in [1.82, 2.24) is 4.98 Å². The average molecular weight is 551 g/mol. The van der Waals surface area contributed by atoms with Crippen LogP contribution in [0.3, 0.4) is 0 Å². The number of esters is 1. The predicted octanol–water partition coefficient (Wildman–Crippen LogP) is 5.28. The summed E-state index contributed by atoms with van der Waals surface area (Å²) in [7, 11) is 1.49. The number of ketones is 1. The summed E-state index contributed by atoms with van der Waals surface area (Å²) in [6, 6.07) is 9.51. The second kappa shape index (κ2) is 11.3. The molecule has 9 nitrogen and oxygen atoms in total. The van der Waals surface area contributed by atoms with Crippen LogP contribution in [0.1, 0.15) is 57.5 Å². The van der Waals surface area contributed by atoms with Crippen molar-refractivity contribution in [2.75, 3.05) is 25.2 Å². The van der Waals surface area contributed by atoms with Crippen molar-refractivity contribution in [2.45, 2.75) is 40.7 Å². The lowest BCUT2D eigenvalue weighted by molar-refractivity contribution is -0.132. The van der Waals surface area contributed by atoms with E-state index in [-0.39, 0.29) is 27.9 Å². The number of carbonyl (C=O) groups excluding carboxylic acids is 3. The Bertz CT molecular complexity index is 1490. The second-order valence-corrected chi connectivity index (χ2v) is 9.94. The third-order valence-electron chi connectivity index (χ3n) is 6.35. The number of amides is 1. The molecule has 1 aliphatic heterocycles. The number of benzene rings is 2. The van der Waals surface area contributed by atoms with E-state index < -0.39 is 23.7 Å². The van der Waals surface area contributed by atoms with Gasteiger partial charge >= 0.3 is 11.9 Å². The molecule has 1 unspecified atom stereocenters. The zero-order chi connectivity index (χ0) is 28.4. The van der Waals surface area contributed by atoms with E-state index >= 15 is 0 Å². The summed E-state index contributed by atoms with van der Waals surface area (Å²) in [4.78, 5) is 45.5. The number of anilines is 1. The first-order valence-corrected chi connectivity index (χ1v) is 13.3. The molecule has 4 rings (SSSR count). The molecule has 1 saturated heterocycles. The molecule has 1 amide bonds. The van der Waals surface area contributed by atoms with Crippen LogP contribution < -0.4 is 14.4 Å². The highest BCUT2D eigenvalue weighted by Gasteiger charge is 2.48. The number of aromatic nitrogens is 1. The largest absolute Gasteiger partial charge is 0.507 e. The number of hydrogen-bond donors (Lipinski definition) is 1. The minimum absolute atomic E-state index is 0.0922. The molecule has 0 saturated carbocycles. The van der Waals surface area contributed by atoms with Gasteiger partial charge < -0.3 is 19.3 Å². The second-order valence-electron chi connectivity index (χ2n) is 8.96. The summed E-state index contributed by atoms with van der Waals surface area (Å²) in [6.45, 7) is 9.45. The summed E-state index contributed by atoms with van der Waals surface area (Å²) in [5.41, 5.74) is 2.83. The lowest BCUT2D eigenvalue weighted by Crippen LogP contribution is -2.29. The molecule has 2 heterocycles. The number of aryl methyl sites for hydroxylation is 3. The summed E-state index contributed by atoms with van der Waals surface area (Å²) >= 11 is 0.952. The van der Waals surface area contributed by atoms with Gasteiger partial charge in [-0.3, -0.25) is 14.5 Å². The van der Waals surface area contributed by atoms with Crippen molar-refractivity contribution < 1.29 is 33.7 Å². The molecule has 204 valence electrons. The van der Waals surface area contributed by atoms with E-state index in [2.05, 4.69) is 4.98 Å². The summed E-state index contributed by atoms with van der Waals surface area (Å²) in [5.74, 6) is -1.71. The number of thiazole rings is 1. The minimum Gasteiger partial charge on any atom is -0.507 e. The maximum atomic E-state index is 13.6. The monoisotopic (exact) mass is 550 g/mol. The molecule has 1 N–H and O–H groups in total. The van der Waals surface area contributed by atoms with Gasteiger partial charge in [-0.1, -0.05) is 35.1 Å². The molecule has 10 heteroatoms. The average Bonchev–Trinajstić information content (AvgIpc) is 3.42. The Balaban J connectivity index is 1.97. The van der Waals surface area contributed by atoms with E-state index in [0.717, 1.165) is 22.5 Å². The topological polar surface area (TPSA) is 115 Å². The van der Waals surface area contributed by atoms with Gasteiger partial charge in [0.05, 0.1) is 37.6 Å². The number of Topliss-reactive ketones (excluding diaryl/α,β-unsaturated/α-hetero) is 1. The third-order valence-corrected chi connectivity index (χ3v) is 7.48. The molecule has 1 aromatic heterocycles. The maximum Gasteiger partial charge on any atom is 0.350 e. The zero-order valence-electron chi connectivity index (χ0n) is 22.7. The Morgan fingerprint density at radius 2 is 1.79 bits per heavy atom. The van der Waals surface area contributed by atoms with Gasteiger partial charge in [0, 0.05) is 5.56 Å². The highest BCUT2D eigenvalue weighted by atomic mass is 32.1. The van der Waals surface area contributed by atoms with Crippen LogP contribution in [-0.2, 0) is 14.3 Å². The lowest BCUT2D eigenvalue weighted by Gasteiger charge is -2.24. The molecule has 1 fully saturated rings. The SMILES string of the molecule is CCOC(=O)c1sc(N2C(=O)C(=O)/C(=C(/O)c3cc(C)ccc3C)C2c2ccc(OCC)c(OC)c2)nc1C. The van der Waals surface area contributed by atoms with Crippen molar-refractivity contribution >= 4 is 39.9 Å². The first kappa shape index (κ1) is 27.8. The lowest BCUT2D eigenvalue weighted by atomic mass is 9.93. The van der Waals surface area contributed by atoms with Gasteiger partial charge in [-0.2, -0.15) is 0 Å². The standard InChI is InChI=1S/C29H30N2O7S/c1-7-37-20-12-11-18(14-21(20)36-6)23-22(24(32)19-13-15(3)9-10-16(19)4)25(33)27(34)31(23)29-30-17(5)26(39-29)28(35)38-8-2/h9-14,23,32H,7-8H2,1-6H3/b24-22+. The van der Waals surface area contributed by atoms with Gasteiger partial charge in [-0.05, 0) is 63.9 Å². The van der Waals surface area contributed by atoms with Crippen molar-refractivity contribution in [3.63, 3.8) is 0 Å². The van der Waals surface area contributed by atoms with E-state index in [0.29, 0.717) is 34.9 Å². The number of nitrogens with zero attached hydrogens (tertiary/aromatic N) is 2. The van der Waals surface area contributed by atoms with Gasteiger partial charge in [-0.25, -0.2) is 9.78 Å². The fourth-order valence-corrected chi connectivity index (χ4v) is 5.47. The molecule has 3 aromatic rings. The molecule has 0 bridgehead atoms. The van der Waals surface area contributed by atoms with Gasteiger partial charge in [0.25, 0.3) is 5.78 Å². The number of aliphatic hydroxyl groups excluding tert-OH is 1. The number of rotatable bonds is 8. The molecule has 1 atom stereocenters. The fourth-order valence-electron chi connectivity index (χ4n) is 4.48. The van der Waals surface area contributed by atoms with Gasteiger partial charge in [0.1, 0.15) is 10.6 Å². The van der Waals surface area contributed by atoms with Crippen LogP contribution >= 0.6 is 11.3 Å². The van der Waals surface area contributed by atoms with E-state index in [1.807, 2.05) is 32.9 Å². The Labute approximate surface area is 230 Å². The molecule has 2 aromatic carbocycles. The zero-order valence-corrected chi connectivity index (χ0v) is 23.5. The first-order chi connectivity index (χ1) is 18.6. The Hall–Kier alpha value is -4.18. The highest BCUT2D eigenvalue weighted by molar-refractivity contribution is 7.17. The Morgan fingerprint density at radius 3 is 2.46 bits per heavy atom. The third kappa shape index (κ3) is 5.12. The molecule has 0 aliphatic carbocycles. The van der Waals surface area contributed by atoms with Crippen molar-refractivity contribution in [1.29, 1.82) is 0 Å². The number of hydrogen-bond acceptors (Lipinski definition) is 9. The Kier molecular flexibility index (Phi) is 8.06. The quantitative estimate of drug-likeness (QED) is 0.174. The highest BCUT2D eigenvalue weighted by Crippen LogP contribution is 2.45. The van der Waals surface area contributed by atoms with Crippen LogP contribution in [0.15, 0.2) is 42.0 Å². The molecular weight excluding hydrogens is 520 g/mol. The van der Waals surface area contributed by atoms with Crippen LogP contribution in [0, 0.1) is 20.8 Å². The minimum atomic E-state index is -1.05. The molecule has 39 heavy (non-hydrogen) atoms. The number of methoxy groups -OCH3 is 1. The van der Waals surface area contributed by atoms with Gasteiger partial charge in [0.15, 0.2) is 16.6 Å². The van der Waals surface area contributed by atoms with E-state index in [9.17, 15) is 19.5 Å². The van der Waals surface area contributed by atoms with Crippen molar-refractivity contribution in [3.8, 4) is 11.5 Å². The first-order valence-electron chi connectivity index (χ1n) is 12.5. The molecular formula is C29H30N2O7S. The predicted molar refractivity (Wildman–Crippen MR) is 148 cm³/mol. The van der Waals surface area contributed by atoms with Crippen LogP contribution in [0.25, 0.3) is 5.76 Å². The summed E-state index contributed by atoms with van der Waals surface area (Å²) in [5, 5.41) is 11.7. The molecule has 1 aliphatic rings. The van der Waals surface area contributed by atoms with Crippen LogP contribution in [-0.4, -0.2) is 48.1 Å². The number of carbonyl (C=O) groups is 3. The van der Waals surface area contributed by atoms with E-state index in [1.54, 1.807) is 38.1 Å². The van der Waals surface area contributed by atoms with Gasteiger partial charge in [0.2, 0.25) is 0 Å². The smallest absolute Gasteiger partial charge is 0.350 e. The Morgan fingerprint density at radius 1 is 1.05 bits per heavy atom. The number of ether oxygens (including phenoxy) is 3.